The summed E-state index contributed by atoms with van der Waals surface area (Å²) in [4.78, 5) is 1.35. The molecule has 1 heteroatoms. The van der Waals surface area contributed by atoms with E-state index < -0.39 is 0 Å². The zero-order chi connectivity index (χ0) is 8.85. The maximum absolute atomic E-state index is 4.06. The highest BCUT2D eigenvalue weighted by Gasteiger charge is 2.10. The molecule has 0 saturated heterocycles. The van der Waals surface area contributed by atoms with Crippen molar-refractivity contribution in [2.45, 2.75) is 33.6 Å². The molecule has 1 atom stereocenters. The molecule has 0 aromatic heterocycles. The summed E-state index contributed by atoms with van der Waals surface area (Å²) in [6, 6.07) is 0. The Morgan fingerprint density at radius 2 is 2.00 bits per heavy atom. The first-order chi connectivity index (χ1) is 5.11. The summed E-state index contributed by atoms with van der Waals surface area (Å²) >= 11 is 1.80. The van der Waals surface area contributed by atoms with Crippen molar-refractivity contribution in [3.8, 4) is 0 Å². The number of hydrogen-bond donors (Lipinski definition) is 0. The molecule has 1 unspecified atom stereocenters. The molecule has 0 saturated carbocycles. The highest BCUT2D eigenvalue weighted by molar-refractivity contribution is 8.02. The lowest BCUT2D eigenvalue weighted by Crippen LogP contribution is -2.03. The molecule has 0 amide bonds. The predicted molar refractivity (Wildman–Crippen MR) is 55.9 cm³/mol. The fraction of sp³-hybridized carbons (Fsp3) is 0.800. The Balaban J connectivity index is 3.84. The Kier molecular flexibility index (Phi) is 5.75. The van der Waals surface area contributed by atoms with Gasteiger partial charge in [-0.05, 0) is 35.8 Å². The monoisotopic (exact) mass is 172 g/mol. The van der Waals surface area contributed by atoms with Gasteiger partial charge in [0, 0.05) is 0 Å². The normalized spacial score (nSPS) is 13.5. The molecule has 11 heavy (non-hydrogen) atoms. The second-order valence-electron chi connectivity index (χ2n) is 3.41. The molecule has 0 aliphatic heterocycles. The molecule has 0 aromatic rings. The van der Waals surface area contributed by atoms with Crippen molar-refractivity contribution in [3.63, 3.8) is 0 Å². The molecule has 0 bridgehead atoms. The molecule has 0 nitrogen and oxygen atoms in total. The lowest BCUT2D eigenvalue weighted by molar-refractivity contribution is 0.461. The van der Waals surface area contributed by atoms with Crippen molar-refractivity contribution in [3.05, 3.63) is 11.5 Å². The maximum atomic E-state index is 4.06. The number of allylic oxidation sites excluding steroid dienone is 1. The van der Waals surface area contributed by atoms with Gasteiger partial charge in [-0.1, -0.05) is 27.4 Å². The summed E-state index contributed by atoms with van der Waals surface area (Å²) in [6.45, 7) is 10.9. The van der Waals surface area contributed by atoms with Crippen LogP contribution in [0.15, 0.2) is 11.5 Å². The van der Waals surface area contributed by atoms with Crippen molar-refractivity contribution < 1.29 is 0 Å². The molecular weight excluding hydrogens is 152 g/mol. The molecule has 0 aromatic carbocycles. The van der Waals surface area contributed by atoms with E-state index in [0.717, 1.165) is 11.8 Å². The third kappa shape index (κ3) is 4.52. The van der Waals surface area contributed by atoms with Crippen LogP contribution in [0.5, 0.6) is 0 Å². The topological polar surface area (TPSA) is 0 Å². The van der Waals surface area contributed by atoms with Crippen molar-refractivity contribution in [1.82, 2.24) is 0 Å². The van der Waals surface area contributed by atoms with E-state index in [-0.39, 0.29) is 0 Å². The summed E-state index contributed by atoms with van der Waals surface area (Å²) in [7, 11) is 0. The fourth-order valence-corrected chi connectivity index (χ4v) is 1.86. The SMILES string of the molecule is C=C(SC)C(CC)CC(C)C. The van der Waals surface area contributed by atoms with Crippen LogP contribution in [0, 0.1) is 11.8 Å². The summed E-state index contributed by atoms with van der Waals surface area (Å²) in [5.41, 5.74) is 0. The van der Waals surface area contributed by atoms with Crippen LogP contribution in [0.4, 0.5) is 0 Å². The van der Waals surface area contributed by atoms with Gasteiger partial charge in [0.1, 0.15) is 0 Å². The second-order valence-corrected chi connectivity index (χ2v) is 4.34. The lowest BCUT2D eigenvalue weighted by Gasteiger charge is -2.17. The van der Waals surface area contributed by atoms with Crippen LogP contribution in [0.3, 0.4) is 0 Å². The smallest absolute Gasteiger partial charge is 0.0108 e. The molecule has 0 heterocycles. The van der Waals surface area contributed by atoms with Gasteiger partial charge in [-0.25, -0.2) is 0 Å². The average Bonchev–Trinajstić information content (AvgIpc) is 1.98. The van der Waals surface area contributed by atoms with Gasteiger partial charge in [-0.15, -0.1) is 11.8 Å². The first-order valence-corrected chi connectivity index (χ1v) is 5.57. The predicted octanol–water partition coefficient (Wildman–Crippen LogP) is 3.94. The average molecular weight is 172 g/mol. The molecule has 0 spiro atoms. The van der Waals surface area contributed by atoms with Crippen LogP contribution in [0.25, 0.3) is 0 Å². The van der Waals surface area contributed by atoms with Crippen LogP contribution in [-0.2, 0) is 0 Å². The van der Waals surface area contributed by atoms with Crippen LogP contribution >= 0.6 is 11.8 Å². The zero-order valence-electron chi connectivity index (χ0n) is 8.18. The van der Waals surface area contributed by atoms with Crippen molar-refractivity contribution in [1.29, 1.82) is 0 Å². The van der Waals surface area contributed by atoms with E-state index in [1.54, 1.807) is 11.8 Å². The van der Waals surface area contributed by atoms with E-state index in [9.17, 15) is 0 Å². The Bertz CT molecular complexity index is 116. The minimum absolute atomic E-state index is 0.727. The molecule has 0 aliphatic carbocycles. The summed E-state index contributed by atoms with van der Waals surface area (Å²) in [5.74, 6) is 1.52. The Hall–Kier alpha value is 0.0900. The summed E-state index contributed by atoms with van der Waals surface area (Å²) < 4.78 is 0. The largest absolute Gasteiger partial charge is 0.134 e. The van der Waals surface area contributed by atoms with Gasteiger partial charge in [0.15, 0.2) is 0 Å². The molecule has 0 aliphatic rings. The van der Waals surface area contributed by atoms with Crippen LogP contribution < -0.4 is 0 Å². The highest BCUT2D eigenvalue weighted by atomic mass is 32.2. The molecule has 0 fully saturated rings. The number of rotatable bonds is 5. The second kappa shape index (κ2) is 5.70. The van der Waals surface area contributed by atoms with E-state index >= 15 is 0 Å². The van der Waals surface area contributed by atoms with E-state index in [0.29, 0.717) is 0 Å². The Labute approximate surface area is 75.5 Å². The van der Waals surface area contributed by atoms with Gasteiger partial charge >= 0.3 is 0 Å². The van der Waals surface area contributed by atoms with Crippen LogP contribution in [0.1, 0.15) is 33.6 Å². The quantitative estimate of drug-likeness (QED) is 0.605. The van der Waals surface area contributed by atoms with Crippen LogP contribution in [0.2, 0.25) is 0 Å². The lowest BCUT2D eigenvalue weighted by atomic mass is 9.95. The molecule has 0 rings (SSSR count). The van der Waals surface area contributed by atoms with Crippen molar-refractivity contribution >= 4 is 11.8 Å². The molecule has 0 radical (unpaired) electrons. The highest BCUT2D eigenvalue weighted by Crippen LogP contribution is 2.28. The zero-order valence-corrected chi connectivity index (χ0v) is 9.00. The van der Waals surface area contributed by atoms with E-state index in [1.165, 1.54) is 17.7 Å². The van der Waals surface area contributed by atoms with E-state index in [1.807, 2.05) is 0 Å². The number of thioether (sulfide) groups is 1. The standard InChI is InChI=1S/C10H20S/c1-6-10(7-8(2)3)9(4)11-5/h8,10H,4,6-7H2,1-3,5H3. The van der Waals surface area contributed by atoms with E-state index in [4.69, 9.17) is 0 Å². The van der Waals surface area contributed by atoms with E-state index in [2.05, 4.69) is 33.6 Å². The fourth-order valence-electron chi connectivity index (χ4n) is 1.26. The van der Waals surface area contributed by atoms with Gasteiger partial charge in [0.2, 0.25) is 0 Å². The molecule has 0 N–H and O–H groups in total. The van der Waals surface area contributed by atoms with Gasteiger partial charge in [0.25, 0.3) is 0 Å². The Morgan fingerprint density at radius 1 is 1.45 bits per heavy atom. The van der Waals surface area contributed by atoms with Gasteiger partial charge in [0.05, 0.1) is 0 Å². The summed E-state index contributed by atoms with van der Waals surface area (Å²) in [6.07, 6.45) is 4.64. The maximum Gasteiger partial charge on any atom is -0.0108 e. The van der Waals surface area contributed by atoms with Gasteiger partial charge in [-0.2, -0.15) is 0 Å². The van der Waals surface area contributed by atoms with Crippen LogP contribution in [-0.4, -0.2) is 6.26 Å². The molecule has 66 valence electrons. The summed E-state index contributed by atoms with van der Waals surface area (Å²) in [5, 5.41) is 0. The Morgan fingerprint density at radius 3 is 2.27 bits per heavy atom. The minimum atomic E-state index is 0.727. The first-order valence-electron chi connectivity index (χ1n) is 4.34. The van der Waals surface area contributed by atoms with Gasteiger partial charge in [-0.3, -0.25) is 0 Å². The number of hydrogen-bond acceptors (Lipinski definition) is 1. The minimum Gasteiger partial charge on any atom is -0.134 e. The third-order valence-electron chi connectivity index (χ3n) is 1.97. The van der Waals surface area contributed by atoms with Crippen molar-refractivity contribution in [2.24, 2.45) is 11.8 Å². The third-order valence-corrected chi connectivity index (χ3v) is 2.82. The van der Waals surface area contributed by atoms with Crippen molar-refractivity contribution in [2.75, 3.05) is 6.26 Å². The molecular formula is C10H20S. The first kappa shape index (κ1) is 11.1. The van der Waals surface area contributed by atoms with Gasteiger partial charge < -0.3 is 0 Å².